The fraction of sp³-hybridized carbons (Fsp3) is 0.500. The summed E-state index contributed by atoms with van der Waals surface area (Å²) in [6.07, 6.45) is 0.610. The van der Waals surface area contributed by atoms with Crippen LogP contribution in [0.1, 0.15) is 17.7 Å². The quantitative estimate of drug-likeness (QED) is 0.868. The lowest BCUT2D eigenvalue weighted by Gasteiger charge is -2.26. The van der Waals surface area contributed by atoms with E-state index in [0.29, 0.717) is 17.4 Å². The number of nitrogens with one attached hydrogen (secondary N) is 1. The minimum atomic E-state index is -0.940. The SMILES string of the molecule is O=C(O)CC1(NC(=O)Cc2ccc(Cl)s2)CCOC1. The van der Waals surface area contributed by atoms with Gasteiger partial charge in [0.15, 0.2) is 0 Å². The number of carbonyl (C=O) groups excluding carboxylic acids is 1. The molecule has 1 atom stereocenters. The van der Waals surface area contributed by atoms with Gasteiger partial charge in [-0.1, -0.05) is 11.6 Å². The molecule has 1 aliphatic rings. The molecular weight excluding hydrogens is 290 g/mol. The van der Waals surface area contributed by atoms with Crippen LogP contribution in [0.2, 0.25) is 4.34 Å². The summed E-state index contributed by atoms with van der Waals surface area (Å²) in [5.41, 5.74) is -0.774. The molecular formula is C12H14ClNO4S. The summed E-state index contributed by atoms with van der Waals surface area (Å²) in [6, 6.07) is 3.53. The predicted molar refractivity (Wildman–Crippen MR) is 71.6 cm³/mol. The van der Waals surface area contributed by atoms with Crippen LogP contribution in [0.5, 0.6) is 0 Å². The van der Waals surface area contributed by atoms with Crippen molar-refractivity contribution < 1.29 is 19.4 Å². The molecule has 0 aromatic carbocycles. The number of aliphatic carboxylic acids is 1. The molecule has 2 N–H and O–H groups in total. The van der Waals surface area contributed by atoms with E-state index in [1.54, 1.807) is 12.1 Å². The number of carboxylic acids is 1. The van der Waals surface area contributed by atoms with Gasteiger partial charge in [-0.15, -0.1) is 11.3 Å². The largest absolute Gasteiger partial charge is 0.481 e. The zero-order chi connectivity index (χ0) is 13.9. The van der Waals surface area contributed by atoms with Crippen LogP contribution in [-0.4, -0.2) is 35.7 Å². The summed E-state index contributed by atoms with van der Waals surface area (Å²) >= 11 is 7.14. The zero-order valence-electron chi connectivity index (χ0n) is 10.1. The molecule has 0 bridgehead atoms. The van der Waals surface area contributed by atoms with Gasteiger partial charge in [-0.05, 0) is 18.6 Å². The fourth-order valence-corrected chi connectivity index (χ4v) is 3.21. The first-order chi connectivity index (χ1) is 8.99. The molecule has 2 rings (SSSR count). The Hall–Kier alpha value is -1.11. The van der Waals surface area contributed by atoms with E-state index in [2.05, 4.69) is 5.32 Å². The maximum absolute atomic E-state index is 12.0. The third-order valence-electron chi connectivity index (χ3n) is 2.96. The second-order valence-corrected chi connectivity index (χ2v) is 6.38. The van der Waals surface area contributed by atoms with E-state index in [9.17, 15) is 9.59 Å². The van der Waals surface area contributed by atoms with Crippen molar-refractivity contribution in [1.82, 2.24) is 5.32 Å². The second-order valence-electron chi connectivity index (χ2n) is 4.58. The number of thiophene rings is 1. The minimum Gasteiger partial charge on any atom is -0.481 e. The van der Waals surface area contributed by atoms with Crippen molar-refractivity contribution in [3.05, 3.63) is 21.3 Å². The average Bonchev–Trinajstić information content (AvgIpc) is 2.87. The molecule has 19 heavy (non-hydrogen) atoms. The van der Waals surface area contributed by atoms with Gasteiger partial charge >= 0.3 is 5.97 Å². The number of ether oxygens (including phenoxy) is 1. The normalized spacial score (nSPS) is 22.4. The predicted octanol–water partition coefficient (Wildman–Crippen LogP) is 1.69. The number of rotatable bonds is 5. The molecule has 1 fully saturated rings. The van der Waals surface area contributed by atoms with Crippen molar-refractivity contribution in [2.45, 2.75) is 24.8 Å². The number of carbonyl (C=O) groups is 2. The molecule has 2 heterocycles. The van der Waals surface area contributed by atoms with Crippen LogP contribution in [0.15, 0.2) is 12.1 Å². The van der Waals surface area contributed by atoms with Crippen LogP contribution in [0.25, 0.3) is 0 Å². The van der Waals surface area contributed by atoms with Crippen molar-refractivity contribution in [3.63, 3.8) is 0 Å². The standard InChI is InChI=1S/C12H14ClNO4S/c13-9-2-1-8(19-9)5-10(15)14-12(6-11(16)17)3-4-18-7-12/h1-2H,3-7H2,(H,14,15)(H,16,17). The Morgan fingerprint density at radius 1 is 1.53 bits per heavy atom. The second kappa shape index (κ2) is 5.90. The van der Waals surface area contributed by atoms with Crippen molar-refractivity contribution in [3.8, 4) is 0 Å². The average molecular weight is 304 g/mol. The van der Waals surface area contributed by atoms with Gasteiger partial charge in [0.05, 0.1) is 29.3 Å². The lowest BCUT2D eigenvalue weighted by atomic mass is 9.94. The summed E-state index contributed by atoms with van der Waals surface area (Å²) in [5.74, 6) is -1.14. The van der Waals surface area contributed by atoms with Crippen LogP contribution < -0.4 is 5.32 Å². The highest BCUT2D eigenvalue weighted by molar-refractivity contribution is 7.16. The Balaban J connectivity index is 1.97. The van der Waals surface area contributed by atoms with Crippen LogP contribution >= 0.6 is 22.9 Å². The Morgan fingerprint density at radius 3 is 2.84 bits per heavy atom. The molecule has 1 saturated heterocycles. The molecule has 1 amide bonds. The summed E-state index contributed by atoms with van der Waals surface area (Å²) in [4.78, 5) is 23.7. The van der Waals surface area contributed by atoms with E-state index in [1.807, 2.05) is 0 Å². The van der Waals surface area contributed by atoms with E-state index in [4.69, 9.17) is 21.4 Å². The van der Waals surface area contributed by atoms with Gasteiger partial charge in [-0.2, -0.15) is 0 Å². The minimum absolute atomic E-state index is 0.121. The molecule has 1 aromatic rings. The Bertz CT molecular complexity index is 482. The summed E-state index contributed by atoms with van der Waals surface area (Å²) in [5, 5.41) is 11.7. The lowest BCUT2D eigenvalue weighted by Crippen LogP contribution is -2.50. The van der Waals surface area contributed by atoms with Crippen LogP contribution in [0.3, 0.4) is 0 Å². The third-order valence-corrected chi connectivity index (χ3v) is 4.19. The molecule has 1 aromatic heterocycles. The van der Waals surface area contributed by atoms with E-state index in [1.165, 1.54) is 11.3 Å². The van der Waals surface area contributed by atoms with Gasteiger partial charge in [0.1, 0.15) is 0 Å². The monoisotopic (exact) mass is 303 g/mol. The first-order valence-electron chi connectivity index (χ1n) is 5.84. The zero-order valence-corrected chi connectivity index (χ0v) is 11.7. The van der Waals surface area contributed by atoms with E-state index in [-0.39, 0.29) is 25.4 Å². The summed E-state index contributed by atoms with van der Waals surface area (Å²) < 4.78 is 5.85. The Morgan fingerprint density at radius 2 is 2.32 bits per heavy atom. The van der Waals surface area contributed by atoms with E-state index >= 15 is 0 Å². The van der Waals surface area contributed by atoms with E-state index < -0.39 is 11.5 Å². The molecule has 0 spiro atoms. The lowest BCUT2D eigenvalue weighted by molar-refractivity contribution is -0.139. The maximum Gasteiger partial charge on any atom is 0.305 e. The highest BCUT2D eigenvalue weighted by atomic mass is 35.5. The highest BCUT2D eigenvalue weighted by Gasteiger charge is 2.38. The topological polar surface area (TPSA) is 75.6 Å². The number of halogens is 1. The van der Waals surface area contributed by atoms with Gasteiger partial charge < -0.3 is 15.2 Å². The first kappa shape index (κ1) is 14.3. The molecule has 7 heteroatoms. The summed E-state index contributed by atoms with van der Waals surface area (Å²) in [6.45, 7) is 0.717. The third kappa shape index (κ3) is 3.92. The fourth-order valence-electron chi connectivity index (χ4n) is 2.12. The van der Waals surface area contributed by atoms with Crippen LogP contribution in [0.4, 0.5) is 0 Å². The Kier molecular flexibility index (Phi) is 4.44. The molecule has 0 saturated carbocycles. The highest BCUT2D eigenvalue weighted by Crippen LogP contribution is 2.24. The van der Waals surface area contributed by atoms with Crippen molar-refractivity contribution >= 4 is 34.8 Å². The van der Waals surface area contributed by atoms with Crippen LogP contribution in [0, 0.1) is 0 Å². The number of amides is 1. The molecule has 1 unspecified atom stereocenters. The van der Waals surface area contributed by atoms with E-state index in [0.717, 1.165) is 4.88 Å². The smallest absolute Gasteiger partial charge is 0.305 e. The van der Waals surface area contributed by atoms with Crippen molar-refractivity contribution in [2.75, 3.05) is 13.2 Å². The summed E-state index contributed by atoms with van der Waals surface area (Å²) in [7, 11) is 0. The molecule has 104 valence electrons. The molecule has 0 aliphatic carbocycles. The van der Waals surface area contributed by atoms with Gasteiger partial charge in [0.25, 0.3) is 0 Å². The van der Waals surface area contributed by atoms with Crippen LogP contribution in [-0.2, 0) is 20.7 Å². The van der Waals surface area contributed by atoms with Crippen molar-refractivity contribution in [1.29, 1.82) is 0 Å². The van der Waals surface area contributed by atoms with Gasteiger partial charge in [0.2, 0.25) is 5.91 Å². The van der Waals surface area contributed by atoms with Gasteiger partial charge in [-0.3, -0.25) is 9.59 Å². The van der Waals surface area contributed by atoms with Gasteiger partial charge in [-0.25, -0.2) is 0 Å². The number of carboxylic acid groups (broad SMARTS) is 1. The first-order valence-corrected chi connectivity index (χ1v) is 7.03. The Labute approximate surface area is 119 Å². The molecule has 5 nitrogen and oxygen atoms in total. The maximum atomic E-state index is 12.0. The number of hydrogen-bond acceptors (Lipinski definition) is 4. The van der Waals surface area contributed by atoms with Crippen molar-refractivity contribution in [2.24, 2.45) is 0 Å². The molecule has 0 radical (unpaired) electrons. The number of hydrogen-bond donors (Lipinski definition) is 2. The molecule has 1 aliphatic heterocycles. The van der Waals surface area contributed by atoms with Gasteiger partial charge in [0, 0.05) is 11.5 Å².